The molecule has 4 N–H and O–H groups in total. The number of rotatable bonds is 8. The van der Waals surface area contributed by atoms with Gasteiger partial charge < -0.3 is 30.1 Å². The number of hydrogen-bond acceptors (Lipinski definition) is 4. The van der Waals surface area contributed by atoms with E-state index in [1.165, 1.54) is 25.0 Å². The molecule has 0 saturated heterocycles. The van der Waals surface area contributed by atoms with Gasteiger partial charge in [0, 0.05) is 61.1 Å². The molecule has 2 heterocycles. The van der Waals surface area contributed by atoms with Crippen LogP contribution in [-0.4, -0.2) is 49.1 Å². The molecule has 34 heavy (non-hydrogen) atoms. The lowest BCUT2D eigenvalue weighted by molar-refractivity contribution is -0.119. The van der Waals surface area contributed by atoms with Gasteiger partial charge in [-0.25, -0.2) is 0 Å². The molecule has 4 aromatic rings. The van der Waals surface area contributed by atoms with Gasteiger partial charge in [0.05, 0.1) is 14.2 Å². The Morgan fingerprint density at radius 2 is 1.15 bits per heavy atom. The Morgan fingerprint density at radius 3 is 1.50 bits per heavy atom. The predicted octanol–water partition coefficient (Wildman–Crippen LogP) is 3.71. The molecule has 8 nitrogen and oxygen atoms in total. The number of fused-ring (bicyclic) bond motifs is 2. The molecule has 0 aliphatic rings. The first-order chi connectivity index (χ1) is 16.4. The monoisotopic (exact) mass is 464 g/mol. The Labute approximate surface area is 199 Å². The van der Waals surface area contributed by atoms with Gasteiger partial charge in [0.2, 0.25) is 11.8 Å². The zero-order valence-corrected chi connectivity index (χ0v) is 20.1. The fraction of sp³-hybridized carbons (Fsp3) is 0.308. The Morgan fingerprint density at radius 1 is 0.735 bits per heavy atom. The van der Waals surface area contributed by atoms with Crippen molar-refractivity contribution in [2.45, 2.75) is 26.7 Å². The van der Waals surface area contributed by atoms with E-state index >= 15 is 0 Å². The van der Waals surface area contributed by atoms with Crippen LogP contribution in [0.3, 0.4) is 0 Å². The summed E-state index contributed by atoms with van der Waals surface area (Å²) in [5.74, 6) is 1.69. The highest BCUT2D eigenvalue weighted by atomic mass is 16.5. The summed E-state index contributed by atoms with van der Waals surface area (Å²) < 4.78 is 10.4. The van der Waals surface area contributed by atoms with Crippen LogP contribution in [0.15, 0.2) is 48.8 Å². The van der Waals surface area contributed by atoms with E-state index in [1.807, 2.05) is 48.8 Å². The first-order valence-electron chi connectivity index (χ1n) is 11.2. The largest absolute Gasteiger partial charge is 0.497 e. The van der Waals surface area contributed by atoms with Crippen LogP contribution in [-0.2, 0) is 22.4 Å². The van der Waals surface area contributed by atoms with Crippen LogP contribution in [0.4, 0.5) is 0 Å². The lowest BCUT2D eigenvalue weighted by atomic mass is 10.1. The lowest BCUT2D eigenvalue weighted by Crippen LogP contribution is -2.22. The Bertz CT molecular complexity index is 1160. The highest BCUT2D eigenvalue weighted by Crippen LogP contribution is 2.24. The molecule has 0 unspecified atom stereocenters. The minimum Gasteiger partial charge on any atom is -0.497 e. The molecular formula is C26H32N4O4. The molecule has 0 saturated carbocycles. The van der Waals surface area contributed by atoms with Crippen molar-refractivity contribution in [2.75, 3.05) is 27.3 Å². The summed E-state index contributed by atoms with van der Waals surface area (Å²) in [4.78, 5) is 28.0. The van der Waals surface area contributed by atoms with E-state index in [0.29, 0.717) is 13.1 Å². The fourth-order valence-corrected chi connectivity index (χ4v) is 3.73. The molecule has 0 aliphatic carbocycles. The Hall–Kier alpha value is -3.94. The van der Waals surface area contributed by atoms with Crippen LogP contribution >= 0.6 is 0 Å². The number of methoxy groups -OCH3 is 2. The number of hydrogen-bond donors (Lipinski definition) is 4. The quantitative estimate of drug-likeness (QED) is 0.319. The predicted molar refractivity (Wildman–Crippen MR) is 134 cm³/mol. The normalized spacial score (nSPS) is 10.5. The minimum absolute atomic E-state index is 0.00224. The number of H-pyrrole nitrogens is 2. The highest BCUT2D eigenvalue weighted by molar-refractivity contribution is 5.85. The maximum Gasteiger partial charge on any atom is 0.216 e. The summed E-state index contributed by atoms with van der Waals surface area (Å²) in [6.07, 6.45) is 5.58. The van der Waals surface area contributed by atoms with Gasteiger partial charge in [-0.1, -0.05) is 0 Å². The van der Waals surface area contributed by atoms with Crippen molar-refractivity contribution < 1.29 is 19.1 Å². The third-order valence-corrected chi connectivity index (χ3v) is 5.49. The van der Waals surface area contributed by atoms with E-state index in [-0.39, 0.29) is 11.8 Å². The van der Waals surface area contributed by atoms with Gasteiger partial charge in [0.1, 0.15) is 11.5 Å². The van der Waals surface area contributed by atoms with Gasteiger partial charge in [0.25, 0.3) is 0 Å². The van der Waals surface area contributed by atoms with Crippen molar-refractivity contribution in [3.8, 4) is 11.5 Å². The molecule has 2 aromatic carbocycles. The van der Waals surface area contributed by atoms with Gasteiger partial charge in [-0.2, -0.15) is 0 Å². The van der Waals surface area contributed by atoms with Crippen LogP contribution in [0.5, 0.6) is 11.5 Å². The van der Waals surface area contributed by atoms with Crippen LogP contribution < -0.4 is 20.1 Å². The van der Waals surface area contributed by atoms with E-state index in [2.05, 4.69) is 20.6 Å². The van der Waals surface area contributed by atoms with Crippen LogP contribution in [0.1, 0.15) is 25.0 Å². The zero-order chi connectivity index (χ0) is 24.5. The average molecular weight is 465 g/mol. The van der Waals surface area contributed by atoms with Crippen molar-refractivity contribution in [1.82, 2.24) is 20.6 Å². The average Bonchev–Trinajstić information content (AvgIpc) is 3.42. The molecule has 0 fully saturated rings. The summed E-state index contributed by atoms with van der Waals surface area (Å²) in [6, 6.07) is 11.9. The van der Waals surface area contributed by atoms with Gasteiger partial charge in [-0.3, -0.25) is 9.59 Å². The number of amides is 2. The number of ether oxygens (including phenoxy) is 2. The van der Waals surface area contributed by atoms with E-state index in [0.717, 1.165) is 46.1 Å². The van der Waals surface area contributed by atoms with Crippen molar-refractivity contribution in [3.05, 3.63) is 59.9 Å². The molecule has 0 aliphatic heterocycles. The van der Waals surface area contributed by atoms with Crippen molar-refractivity contribution in [1.29, 1.82) is 0 Å². The summed E-state index contributed by atoms with van der Waals surface area (Å²) in [5, 5.41) is 7.88. The topological polar surface area (TPSA) is 108 Å². The van der Waals surface area contributed by atoms with Crippen molar-refractivity contribution in [2.24, 2.45) is 0 Å². The molecule has 0 spiro atoms. The second-order valence-electron chi connectivity index (χ2n) is 7.92. The number of carbonyl (C=O) groups is 2. The van der Waals surface area contributed by atoms with Crippen molar-refractivity contribution >= 4 is 33.6 Å². The van der Waals surface area contributed by atoms with Gasteiger partial charge >= 0.3 is 0 Å². The second-order valence-corrected chi connectivity index (χ2v) is 7.92. The molecule has 4 rings (SSSR count). The number of carbonyl (C=O) groups excluding carboxylic acids is 2. The van der Waals surface area contributed by atoms with E-state index in [4.69, 9.17) is 9.47 Å². The molecule has 0 atom stereocenters. The van der Waals surface area contributed by atoms with E-state index < -0.39 is 0 Å². The summed E-state index contributed by atoms with van der Waals surface area (Å²) in [7, 11) is 3.32. The van der Waals surface area contributed by atoms with Gasteiger partial charge in [-0.05, 0) is 60.4 Å². The van der Waals surface area contributed by atoms with Gasteiger partial charge in [0.15, 0.2) is 0 Å². The Balaban J connectivity index is 0.000000191. The first-order valence-corrected chi connectivity index (χ1v) is 11.2. The van der Waals surface area contributed by atoms with Crippen molar-refractivity contribution in [3.63, 3.8) is 0 Å². The maximum absolute atomic E-state index is 10.8. The molecular weight excluding hydrogens is 432 g/mol. The number of aromatic nitrogens is 2. The molecule has 8 heteroatoms. The van der Waals surface area contributed by atoms with E-state index in [1.54, 1.807) is 14.2 Å². The second kappa shape index (κ2) is 11.8. The third kappa shape index (κ3) is 6.54. The smallest absolute Gasteiger partial charge is 0.216 e. The van der Waals surface area contributed by atoms with Crippen LogP contribution in [0, 0.1) is 0 Å². The highest BCUT2D eigenvalue weighted by Gasteiger charge is 2.06. The van der Waals surface area contributed by atoms with Crippen LogP contribution in [0.25, 0.3) is 21.8 Å². The molecule has 180 valence electrons. The summed E-state index contributed by atoms with van der Waals surface area (Å²) in [6.45, 7) is 4.36. The SMILES string of the molecule is COc1ccc2[nH]cc(CCNC(C)=O)c2c1.COc1ccc2[nH]cc(CCNC(C)=O)c2c1. The minimum atomic E-state index is 0.00224. The molecule has 0 radical (unpaired) electrons. The summed E-state index contributed by atoms with van der Waals surface area (Å²) >= 11 is 0. The Kier molecular flexibility index (Phi) is 8.56. The summed E-state index contributed by atoms with van der Waals surface area (Å²) in [5.41, 5.74) is 4.55. The number of nitrogens with one attached hydrogen (secondary N) is 4. The first kappa shape index (κ1) is 24.7. The van der Waals surface area contributed by atoms with Gasteiger partial charge in [-0.15, -0.1) is 0 Å². The number of aromatic amines is 2. The van der Waals surface area contributed by atoms with E-state index in [9.17, 15) is 9.59 Å². The maximum atomic E-state index is 10.8. The molecule has 2 amide bonds. The van der Waals surface area contributed by atoms with Crippen LogP contribution in [0.2, 0.25) is 0 Å². The zero-order valence-electron chi connectivity index (χ0n) is 20.1. The number of benzene rings is 2. The molecule has 2 aromatic heterocycles. The molecule has 0 bridgehead atoms. The third-order valence-electron chi connectivity index (χ3n) is 5.49. The lowest BCUT2D eigenvalue weighted by Gasteiger charge is -2.03. The standard InChI is InChI=1S/2C13H16N2O2/c2*1-9(16)14-6-5-10-8-15-13-4-3-11(17-2)7-12(10)13/h2*3-4,7-8,15H,5-6H2,1-2H3,(H,14,16). The fourth-order valence-electron chi connectivity index (χ4n) is 3.73.